The number of nitrogens with one attached hydrogen (secondary N) is 1. The standard InChI is InChI=1S/C12H15NO3.C7H6O3/c1-8(2)12(16)13-6-5-9-3-4-10(14)11(15)7-9;8-4-5-1-2-6(9)7(10)3-5/h3-4,7,14-15H,1,5-6H2,2H3,(H,13,16);1-4,9-10H. The number of benzene rings is 2. The molecule has 0 aliphatic heterocycles. The average molecular weight is 359 g/mol. The Kier molecular flexibility index (Phi) is 7.69. The number of phenolic OH excluding ortho intramolecular Hbond substituents is 4. The van der Waals surface area contributed by atoms with Crippen molar-refractivity contribution in [1.82, 2.24) is 5.32 Å². The van der Waals surface area contributed by atoms with Crippen molar-refractivity contribution in [2.24, 2.45) is 0 Å². The highest BCUT2D eigenvalue weighted by atomic mass is 16.3. The number of hydrogen-bond donors (Lipinski definition) is 5. The van der Waals surface area contributed by atoms with Gasteiger partial charge >= 0.3 is 0 Å². The second kappa shape index (κ2) is 9.73. The molecule has 0 radical (unpaired) electrons. The van der Waals surface area contributed by atoms with E-state index in [-0.39, 0.29) is 28.9 Å². The summed E-state index contributed by atoms with van der Waals surface area (Å²) in [6, 6.07) is 8.47. The molecule has 0 fully saturated rings. The molecule has 0 saturated heterocycles. The number of phenols is 4. The minimum atomic E-state index is -0.274. The number of aldehydes is 1. The molecule has 7 heteroatoms. The molecule has 0 atom stereocenters. The Morgan fingerprint density at radius 1 is 1.00 bits per heavy atom. The minimum absolute atomic E-state index is 0.144. The van der Waals surface area contributed by atoms with Crippen LogP contribution in [0.4, 0.5) is 0 Å². The highest BCUT2D eigenvalue weighted by molar-refractivity contribution is 5.92. The Hall–Kier alpha value is -3.48. The van der Waals surface area contributed by atoms with E-state index in [1.54, 1.807) is 13.0 Å². The molecule has 5 N–H and O–H groups in total. The van der Waals surface area contributed by atoms with Gasteiger partial charge in [0.05, 0.1) is 0 Å². The lowest BCUT2D eigenvalue weighted by Gasteiger charge is -2.05. The van der Waals surface area contributed by atoms with Gasteiger partial charge in [-0.05, 0) is 49.2 Å². The van der Waals surface area contributed by atoms with Crippen LogP contribution in [0.15, 0.2) is 48.6 Å². The van der Waals surface area contributed by atoms with E-state index in [1.807, 2.05) is 0 Å². The van der Waals surface area contributed by atoms with Crippen molar-refractivity contribution in [2.45, 2.75) is 13.3 Å². The number of rotatable bonds is 5. The van der Waals surface area contributed by atoms with E-state index in [4.69, 9.17) is 15.3 Å². The van der Waals surface area contributed by atoms with Crippen LogP contribution in [0.3, 0.4) is 0 Å². The summed E-state index contributed by atoms with van der Waals surface area (Å²) in [5.41, 5.74) is 1.65. The quantitative estimate of drug-likeness (QED) is 0.316. The smallest absolute Gasteiger partial charge is 0.246 e. The van der Waals surface area contributed by atoms with E-state index in [0.29, 0.717) is 30.4 Å². The summed E-state index contributed by atoms with van der Waals surface area (Å²) in [4.78, 5) is 21.2. The molecule has 0 saturated carbocycles. The highest BCUT2D eigenvalue weighted by Gasteiger charge is 2.03. The van der Waals surface area contributed by atoms with E-state index >= 15 is 0 Å². The zero-order valence-electron chi connectivity index (χ0n) is 14.3. The molecule has 0 heterocycles. The molecule has 2 aromatic rings. The Morgan fingerprint density at radius 2 is 1.58 bits per heavy atom. The number of aromatic hydroxyl groups is 4. The maximum atomic E-state index is 11.2. The van der Waals surface area contributed by atoms with Crippen LogP contribution in [0, 0.1) is 0 Å². The predicted molar refractivity (Wildman–Crippen MR) is 96.5 cm³/mol. The monoisotopic (exact) mass is 359 g/mol. The van der Waals surface area contributed by atoms with Gasteiger partial charge in [-0.25, -0.2) is 0 Å². The van der Waals surface area contributed by atoms with Gasteiger partial charge in [-0.15, -0.1) is 0 Å². The first-order valence-corrected chi connectivity index (χ1v) is 7.66. The molecule has 138 valence electrons. The largest absolute Gasteiger partial charge is 0.504 e. The summed E-state index contributed by atoms with van der Waals surface area (Å²) in [5, 5.41) is 38.6. The number of hydrogen-bond acceptors (Lipinski definition) is 6. The molecule has 0 unspecified atom stereocenters. The van der Waals surface area contributed by atoms with Gasteiger partial charge in [0.2, 0.25) is 5.91 Å². The van der Waals surface area contributed by atoms with Crippen LogP contribution in [-0.2, 0) is 11.2 Å². The van der Waals surface area contributed by atoms with Crippen LogP contribution in [0.25, 0.3) is 0 Å². The summed E-state index contributed by atoms with van der Waals surface area (Å²) < 4.78 is 0. The van der Waals surface area contributed by atoms with Gasteiger partial charge in [-0.2, -0.15) is 0 Å². The van der Waals surface area contributed by atoms with Gasteiger partial charge in [0, 0.05) is 17.7 Å². The Morgan fingerprint density at radius 3 is 2.08 bits per heavy atom. The van der Waals surface area contributed by atoms with Gasteiger partial charge in [0.25, 0.3) is 0 Å². The van der Waals surface area contributed by atoms with Crippen LogP contribution in [0.5, 0.6) is 23.0 Å². The number of carbonyl (C=O) groups excluding carboxylic acids is 2. The first-order valence-electron chi connectivity index (χ1n) is 7.66. The van der Waals surface area contributed by atoms with E-state index < -0.39 is 0 Å². The molecule has 2 rings (SSSR count). The second-order valence-electron chi connectivity index (χ2n) is 5.48. The second-order valence-corrected chi connectivity index (χ2v) is 5.48. The third-order valence-electron chi connectivity index (χ3n) is 3.26. The number of amides is 1. The first-order chi connectivity index (χ1) is 12.2. The first kappa shape index (κ1) is 20.6. The topological polar surface area (TPSA) is 127 Å². The minimum Gasteiger partial charge on any atom is -0.504 e. The summed E-state index contributed by atoms with van der Waals surface area (Å²) >= 11 is 0. The molecular weight excluding hydrogens is 338 g/mol. The van der Waals surface area contributed by atoms with Crippen LogP contribution in [0.1, 0.15) is 22.8 Å². The average Bonchev–Trinajstić information content (AvgIpc) is 2.60. The lowest BCUT2D eigenvalue weighted by molar-refractivity contribution is -0.117. The molecule has 0 aromatic heterocycles. The SMILES string of the molecule is C=C(C)C(=O)NCCc1ccc(O)c(O)c1.O=Cc1ccc(O)c(O)c1. The van der Waals surface area contributed by atoms with Crippen LogP contribution in [0.2, 0.25) is 0 Å². The van der Waals surface area contributed by atoms with E-state index in [1.165, 1.54) is 30.3 Å². The Labute approximate surface area is 150 Å². The lowest BCUT2D eigenvalue weighted by atomic mass is 10.1. The van der Waals surface area contributed by atoms with Gasteiger partial charge < -0.3 is 25.7 Å². The molecular formula is C19H21NO6. The molecule has 26 heavy (non-hydrogen) atoms. The Balaban J connectivity index is 0.000000289. The molecule has 0 spiro atoms. The molecule has 1 amide bonds. The summed E-state index contributed by atoms with van der Waals surface area (Å²) in [7, 11) is 0. The van der Waals surface area contributed by atoms with Crippen molar-refractivity contribution in [3.8, 4) is 23.0 Å². The fourth-order valence-electron chi connectivity index (χ4n) is 1.81. The zero-order chi connectivity index (χ0) is 19.7. The van der Waals surface area contributed by atoms with Crippen LogP contribution >= 0.6 is 0 Å². The lowest BCUT2D eigenvalue weighted by Crippen LogP contribution is -2.25. The van der Waals surface area contributed by atoms with Gasteiger partial charge in [0.1, 0.15) is 6.29 Å². The fourth-order valence-corrected chi connectivity index (χ4v) is 1.81. The van der Waals surface area contributed by atoms with E-state index in [2.05, 4.69) is 11.9 Å². The van der Waals surface area contributed by atoms with Gasteiger partial charge in [-0.3, -0.25) is 9.59 Å². The van der Waals surface area contributed by atoms with Gasteiger partial charge in [-0.1, -0.05) is 12.6 Å². The normalized spacial score (nSPS) is 9.58. The van der Waals surface area contributed by atoms with Crippen molar-refractivity contribution < 1.29 is 30.0 Å². The third-order valence-corrected chi connectivity index (χ3v) is 3.26. The Bertz CT molecular complexity index is 801. The van der Waals surface area contributed by atoms with Crippen LogP contribution in [-0.4, -0.2) is 39.2 Å². The predicted octanol–water partition coefficient (Wildman–Crippen LogP) is 2.24. The van der Waals surface area contributed by atoms with Crippen molar-refractivity contribution in [3.05, 3.63) is 59.7 Å². The van der Waals surface area contributed by atoms with Crippen molar-refractivity contribution >= 4 is 12.2 Å². The van der Waals surface area contributed by atoms with Crippen molar-refractivity contribution in [3.63, 3.8) is 0 Å². The maximum Gasteiger partial charge on any atom is 0.246 e. The molecule has 2 aromatic carbocycles. The third kappa shape index (κ3) is 6.56. The zero-order valence-corrected chi connectivity index (χ0v) is 14.3. The van der Waals surface area contributed by atoms with Crippen molar-refractivity contribution in [2.75, 3.05) is 6.54 Å². The van der Waals surface area contributed by atoms with Crippen molar-refractivity contribution in [1.29, 1.82) is 0 Å². The summed E-state index contributed by atoms with van der Waals surface area (Å²) in [6.07, 6.45) is 1.19. The molecule has 0 aliphatic rings. The fraction of sp³-hybridized carbons (Fsp3) is 0.158. The highest BCUT2D eigenvalue weighted by Crippen LogP contribution is 2.25. The number of carbonyl (C=O) groups is 2. The van der Waals surface area contributed by atoms with E-state index in [0.717, 1.165) is 5.56 Å². The van der Waals surface area contributed by atoms with E-state index in [9.17, 15) is 14.7 Å². The molecule has 0 bridgehead atoms. The summed E-state index contributed by atoms with van der Waals surface area (Å²) in [5.74, 6) is -0.961. The summed E-state index contributed by atoms with van der Waals surface area (Å²) in [6.45, 7) is 5.63. The van der Waals surface area contributed by atoms with Crippen LogP contribution < -0.4 is 5.32 Å². The molecule has 0 aliphatic carbocycles. The van der Waals surface area contributed by atoms with Gasteiger partial charge in [0.15, 0.2) is 23.0 Å². The maximum absolute atomic E-state index is 11.2. The molecule has 7 nitrogen and oxygen atoms in total.